The SMILES string of the molecule is CN(C)c1ccc(C(C)(C)CC(=O)O)cc1. The first-order chi connectivity index (χ1) is 7.33. The third kappa shape index (κ3) is 2.99. The molecule has 0 fully saturated rings. The summed E-state index contributed by atoms with van der Waals surface area (Å²) in [6.07, 6.45) is 0.147. The highest BCUT2D eigenvalue weighted by molar-refractivity contribution is 5.69. The molecule has 3 nitrogen and oxygen atoms in total. The lowest BCUT2D eigenvalue weighted by molar-refractivity contribution is -0.138. The predicted octanol–water partition coefficient (Wildman–Crippen LogP) is 2.50. The molecule has 1 aromatic rings. The van der Waals surface area contributed by atoms with Crippen LogP contribution in [0, 0.1) is 0 Å². The van der Waals surface area contributed by atoms with Crippen LogP contribution in [0.15, 0.2) is 24.3 Å². The Hall–Kier alpha value is -1.51. The zero-order chi connectivity index (χ0) is 12.3. The Balaban J connectivity index is 2.92. The van der Waals surface area contributed by atoms with E-state index in [4.69, 9.17) is 5.11 Å². The molecule has 0 saturated carbocycles. The quantitative estimate of drug-likeness (QED) is 0.849. The molecule has 1 aromatic carbocycles. The van der Waals surface area contributed by atoms with E-state index in [9.17, 15) is 4.79 Å². The van der Waals surface area contributed by atoms with Gasteiger partial charge in [-0.05, 0) is 17.7 Å². The van der Waals surface area contributed by atoms with Crippen molar-refractivity contribution >= 4 is 11.7 Å². The lowest BCUT2D eigenvalue weighted by Crippen LogP contribution is -2.21. The van der Waals surface area contributed by atoms with Crippen LogP contribution >= 0.6 is 0 Å². The topological polar surface area (TPSA) is 40.5 Å². The van der Waals surface area contributed by atoms with E-state index in [1.165, 1.54) is 0 Å². The summed E-state index contributed by atoms with van der Waals surface area (Å²) in [6, 6.07) is 8.02. The van der Waals surface area contributed by atoms with E-state index in [0.29, 0.717) is 0 Å². The van der Waals surface area contributed by atoms with Crippen LogP contribution in [0.3, 0.4) is 0 Å². The van der Waals surface area contributed by atoms with Crippen molar-refractivity contribution in [2.45, 2.75) is 25.7 Å². The summed E-state index contributed by atoms with van der Waals surface area (Å²) >= 11 is 0. The number of carboxylic acids is 1. The van der Waals surface area contributed by atoms with E-state index >= 15 is 0 Å². The van der Waals surface area contributed by atoms with Crippen LogP contribution in [0.4, 0.5) is 5.69 Å². The zero-order valence-corrected chi connectivity index (χ0v) is 10.3. The van der Waals surface area contributed by atoms with Crippen molar-refractivity contribution in [3.05, 3.63) is 29.8 Å². The molecule has 0 unspecified atom stereocenters. The molecule has 3 heteroatoms. The molecule has 0 radical (unpaired) electrons. The number of nitrogens with zero attached hydrogens (tertiary/aromatic N) is 1. The normalized spacial score (nSPS) is 11.2. The molecule has 0 aliphatic rings. The second kappa shape index (κ2) is 4.56. The van der Waals surface area contributed by atoms with Gasteiger partial charge in [-0.15, -0.1) is 0 Å². The Labute approximate surface area is 96.7 Å². The van der Waals surface area contributed by atoms with Crippen LogP contribution < -0.4 is 4.90 Å². The second-order valence-corrected chi connectivity index (χ2v) is 4.90. The molecular weight excluding hydrogens is 202 g/mol. The molecular formula is C13H19NO2. The first-order valence-corrected chi connectivity index (χ1v) is 5.32. The van der Waals surface area contributed by atoms with Gasteiger partial charge in [-0.25, -0.2) is 0 Å². The summed E-state index contributed by atoms with van der Waals surface area (Å²) in [5, 5.41) is 8.85. The highest BCUT2D eigenvalue weighted by Crippen LogP contribution is 2.28. The lowest BCUT2D eigenvalue weighted by atomic mass is 9.81. The first-order valence-electron chi connectivity index (χ1n) is 5.32. The Bertz CT molecular complexity index is 366. The fourth-order valence-electron chi connectivity index (χ4n) is 1.69. The third-order valence-electron chi connectivity index (χ3n) is 2.76. The lowest BCUT2D eigenvalue weighted by Gasteiger charge is -2.24. The molecule has 0 heterocycles. The summed E-state index contributed by atoms with van der Waals surface area (Å²) < 4.78 is 0. The molecule has 0 spiro atoms. The van der Waals surface area contributed by atoms with Gasteiger partial charge in [0.25, 0.3) is 0 Å². The van der Waals surface area contributed by atoms with Gasteiger partial charge in [0, 0.05) is 25.2 Å². The molecule has 0 aliphatic carbocycles. The Morgan fingerprint density at radius 2 is 1.75 bits per heavy atom. The number of carboxylic acid groups (broad SMARTS) is 1. The molecule has 0 saturated heterocycles. The average Bonchev–Trinajstić information content (AvgIpc) is 2.16. The van der Waals surface area contributed by atoms with E-state index in [2.05, 4.69) is 0 Å². The summed E-state index contributed by atoms with van der Waals surface area (Å²) in [5.41, 5.74) is 1.85. The van der Waals surface area contributed by atoms with Crippen molar-refractivity contribution in [1.82, 2.24) is 0 Å². The Kier molecular flexibility index (Phi) is 3.58. The molecule has 1 rings (SSSR count). The highest BCUT2D eigenvalue weighted by atomic mass is 16.4. The molecule has 0 bridgehead atoms. The smallest absolute Gasteiger partial charge is 0.304 e. The van der Waals surface area contributed by atoms with Crippen molar-refractivity contribution < 1.29 is 9.90 Å². The third-order valence-corrected chi connectivity index (χ3v) is 2.76. The van der Waals surface area contributed by atoms with Gasteiger partial charge in [0.2, 0.25) is 0 Å². The van der Waals surface area contributed by atoms with Crippen molar-refractivity contribution in [1.29, 1.82) is 0 Å². The number of anilines is 1. The van der Waals surface area contributed by atoms with Gasteiger partial charge in [-0.2, -0.15) is 0 Å². The van der Waals surface area contributed by atoms with Crippen molar-refractivity contribution in [2.24, 2.45) is 0 Å². The Morgan fingerprint density at radius 1 is 1.25 bits per heavy atom. The van der Waals surface area contributed by atoms with Gasteiger partial charge >= 0.3 is 5.97 Å². The van der Waals surface area contributed by atoms with E-state index in [1.54, 1.807) is 0 Å². The molecule has 0 amide bonds. The maximum atomic E-state index is 10.8. The maximum absolute atomic E-state index is 10.8. The predicted molar refractivity (Wildman–Crippen MR) is 66.0 cm³/mol. The number of benzene rings is 1. The minimum absolute atomic E-state index is 0.147. The fourth-order valence-corrected chi connectivity index (χ4v) is 1.69. The van der Waals surface area contributed by atoms with Gasteiger partial charge < -0.3 is 10.0 Å². The second-order valence-electron chi connectivity index (χ2n) is 4.90. The zero-order valence-electron chi connectivity index (χ0n) is 10.3. The van der Waals surface area contributed by atoms with E-state index in [0.717, 1.165) is 11.3 Å². The number of carbonyl (C=O) groups is 1. The summed E-state index contributed by atoms with van der Waals surface area (Å²) in [4.78, 5) is 12.8. The summed E-state index contributed by atoms with van der Waals surface area (Å²) in [6.45, 7) is 3.90. The first kappa shape index (κ1) is 12.6. The Morgan fingerprint density at radius 3 is 2.12 bits per heavy atom. The summed E-state index contributed by atoms with van der Waals surface area (Å²) in [7, 11) is 3.97. The number of rotatable bonds is 4. The van der Waals surface area contributed by atoms with Gasteiger partial charge in [-0.3, -0.25) is 4.79 Å². The van der Waals surface area contributed by atoms with E-state index < -0.39 is 5.97 Å². The molecule has 1 N–H and O–H groups in total. The van der Waals surface area contributed by atoms with Crippen LogP contribution in [0.25, 0.3) is 0 Å². The molecule has 16 heavy (non-hydrogen) atoms. The van der Waals surface area contributed by atoms with Gasteiger partial charge in [0.05, 0.1) is 6.42 Å². The van der Waals surface area contributed by atoms with Gasteiger partial charge in [0.1, 0.15) is 0 Å². The van der Waals surface area contributed by atoms with Crippen molar-refractivity contribution in [3.8, 4) is 0 Å². The number of hydrogen-bond acceptors (Lipinski definition) is 2. The molecule has 0 atom stereocenters. The minimum atomic E-state index is -0.762. The number of aliphatic carboxylic acids is 1. The van der Waals surface area contributed by atoms with Crippen LogP contribution in [0.1, 0.15) is 25.8 Å². The fraction of sp³-hybridized carbons (Fsp3) is 0.462. The molecule has 0 aliphatic heterocycles. The molecule has 88 valence electrons. The largest absolute Gasteiger partial charge is 0.481 e. The van der Waals surface area contributed by atoms with E-state index in [1.807, 2.05) is 57.1 Å². The van der Waals surface area contributed by atoms with Crippen molar-refractivity contribution in [2.75, 3.05) is 19.0 Å². The van der Waals surface area contributed by atoms with Crippen LogP contribution in [-0.2, 0) is 10.2 Å². The minimum Gasteiger partial charge on any atom is -0.481 e. The summed E-state index contributed by atoms with van der Waals surface area (Å²) in [5.74, 6) is -0.762. The average molecular weight is 221 g/mol. The van der Waals surface area contributed by atoms with E-state index in [-0.39, 0.29) is 11.8 Å². The number of hydrogen-bond donors (Lipinski definition) is 1. The highest BCUT2D eigenvalue weighted by Gasteiger charge is 2.23. The monoisotopic (exact) mass is 221 g/mol. The van der Waals surface area contributed by atoms with Crippen LogP contribution in [-0.4, -0.2) is 25.2 Å². The van der Waals surface area contributed by atoms with Crippen LogP contribution in [0.5, 0.6) is 0 Å². The molecule has 0 aromatic heterocycles. The maximum Gasteiger partial charge on any atom is 0.304 e. The van der Waals surface area contributed by atoms with Crippen LogP contribution in [0.2, 0.25) is 0 Å². The van der Waals surface area contributed by atoms with Crippen molar-refractivity contribution in [3.63, 3.8) is 0 Å². The van der Waals surface area contributed by atoms with Gasteiger partial charge in [0.15, 0.2) is 0 Å². The van der Waals surface area contributed by atoms with Gasteiger partial charge in [-0.1, -0.05) is 26.0 Å². The standard InChI is InChI=1S/C13H19NO2/c1-13(2,9-12(15)16)10-5-7-11(8-6-10)14(3)4/h5-8H,9H2,1-4H3,(H,15,16).